The number of rotatable bonds is 4. The van der Waals surface area contributed by atoms with Crippen molar-refractivity contribution in [1.29, 1.82) is 0 Å². The molecule has 1 aliphatic carbocycles. The first-order valence-electron chi connectivity index (χ1n) is 5.47. The van der Waals surface area contributed by atoms with Crippen LogP contribution in [0.15, 0.2) is 4.52 Å². The third kappa shape index (κ3) is 2.76. The Kier molecular flexibility index (Phi) is 3.02. The number of hydrogen-bond donors (Lipinski definition) is 2. The van der Waals surface area contributed by atoms with Crippen LogP contribution in [0.2, 0.25) is 0 Å². The SMILES string of the molecule is Cc1noc(CNCC2(N)CCCC2)n1. The fourth-order valence-corrected chi connectivity index (χ4v) is 2.09. The van der Waals surface area contributed by atoms with Crippen molar-refractivity contribution < 1.29 is 4.52 Å². The van der Waals surface area contributed by atoms with E-state index in [1.54, 1.807) is 0 Å². The smallest absolute Gasteiger partial charge is 0.240 e. The topological polar surface area (TPSA) is 77.0 Å². The van der Waals surface area contributed by atoms with Gasteiger partial charge in [-0.3, -0.25) is 0 Å². The van der Waals surface area contributed by atoms with Gasteiger partial charge in [0.05, 0.1) is 6.54 Å². The number of aryl methyl sites for hydroxylation is 1. The zero-order valence-corrected chi connectivity index (χ0v) is 9.12. The van der Waals surface area contributed by atoms with Gasteiger partial charge in [0, 0.05) is 12.1 Å². The van der Waals surface area contributed by atoms with Gasteiger partial charge >= 0.3 is 0 Å². The average Bonchev–Trinajstić information content (AvgIpc) is 2.76. The van der Waals surface area contributed by atoms with Crippen molar-refractivity contribution in [3.63, 3.8) is 0 Å². The van der Waals surface area contributed by atoms with E-state index in [0.717, 1.165) is 19.4 Å². The molecule has 0 aromatic carbocycles. The van der Waals surface area contributed by atoms with E-state index in [4.69, 9.17) is 10.3 Å². The highest BCUT2D eigenvalue weighted by Crippen LogP contribution is 2.26. The fourth-order valence-electron chi connectivity index (χ4n) is 2.09. The second-order valence-corrected chi connectivity index (χ2v) is 4.41. The number of nitrogens with two attached hydrogens (primary N) is 1. The monoisotopic (exact) mass is 210 g/mol. The summed E-state index contributed by atoms with van der Waals surface area (Å²) in [5.74, 6) is 1.31. The molecule has 15 heavy (non-hydrogen) atoms. The van der Waals surface area contributed by atoms with Crippen molar-refractivity contribution in [2.45, 2.75) is 44.7 Å². The maximum Gasteiger partial charge on any atom is 0.240 e. The lowest BCUT2D eigenvalue weighted by atomic mass is 9.99. The van der Waals surface area contributed by atoms with E-state index in [-0.39, 0.29) is 5.54 Å². The van der Waals surface area contributed by atoms with E-state index in [1.165, 1.54) is 12.8 Å². The first kappa shape index (κ1) is 10.6. The minimum Gasteiger partial charge on any atom is -0.338 e. The van der Waals surface area contributed by atoms with E-state index >= 15 is 0 Å². The highest BCUT2D eigenvalue weighted by atomic mass is 16.5. The summed E-state index contributed by atoms with van der Waals surface area (Å²) in [6.45, 7) is 3.25. The molecule has 84 valence electrons. The minimum absolute atomic E-state index is 0.0188. The lowest BCUT2D eigenvalue weighted by Crippen LogP contribution is -2.46. The van der Waals surface area contributed by atoms with Crippen LogP contribution < -0.4 is 11.1 Å². The van der Waals surface area contributed by atoms with Crippen LogP contribution in [-0.4, -0.2) is 22.2 Å². The van der Waals surface area contributed by atoms with Crippen molar-refractivity contribution in [3.05, 3.63) is 11.7 Å². The second-order valence-electron chi connectivity index (χ2n) is 4.41. The highest BCUT2D eigenvalue weighted by molar-refractivity contribution is 4.92. The molecular weight excluding hydrogens is 192 g/mol. The molecule has 1 aromatic rings. The van der Waals surface area contributed by atoms with Gasteiger partial charge in [-0.05, 0) is 19.8 Å². The number of hydrogen-bond acceptors (Lipinski definition) is 5. The fraction of sp³-hybridized carbons (Fsp3) is 0.800. The molecule has 1 aromatic heterocycles. The van der Waals surface area contributed by atoms with Gasteiger partial charge in [-0.1, -0.05) is 18.0 Å². The summed E-state index contributed by atoms with van der Waals surface area (Å²) in [6, 6.07) is 0. The van der Waals surface area contributed by atoms with Crippen LogP contribution in [0, 0.1) is 6.92 Å². The number of nitrogens with zero attached hydrogens (tertiary/aromatic N) is 2. The quantitative estimate of drug-likeness (QED) is 0.766. The van der Waals surface area contributed by atoms with Crippen LogP contribution >= 0.6 is 0 Å². The van der Waals surface area contributed by atoms with E-state index < -0.39 is 0 Å². The van der Waals surface area contributed by atoms with Crippen molar-refractivity contribution >= 4 is 0 Å². The molecule has 0 aliphatic heterocycles. The maximum absolute atomic E-state index is 6.20. The summed E-state index contributed by atoms with van der Waals surface area (Å²) >= 11 is 0. The molecule has 0 spiro atoms. The van der Waals surface area contributed by atoms with Crippen LogP contribution in [0.25, 0.3) is 0 Å². The third-order valence-electron chi connectivity index (χ3n) is 2.92. The predicted octanol–water partition coefficient (Wildman–Crippen LogP) is 0.739. The summed E-state index contributed by atoms with van der Waals surface area (Å²) in [5.41, 5.74) is 6.18. The van der Waals surface area contributed by atoms with Crippen LogP contribution in [0.4, 0.5) is 0 Å². The molecule has 5 nitrogen and oxygen atoms in total. The Morgan fingerprint density at radius 1 is 1.47 bits per heavy atom. The molecule has 5 heteroatoms. The maximum atomic E-state index is 6.20. The molecule has 1 heterocycles. The van der Waals surface area contributed by atoms with Crippen molar-refractivity contribution in [1.82, 2.24) is 15.5 Å². The molecule has 1 fully saturated rings. The molecule has 1 aliphatic rings. The van der Waals surface area contributed by atoms with E-state index in [0.29, 0.717) is 18.3 Å². The van der Waals surface area contributed by atoms with Crippen LogP contribution in [0.5, 0.6) is 0 Å². The standard InChI is InChI=1S/C10H18N4O/c1-8-13-9(15-14-8)6-12-7-10(11)4-2-3-5-10/h12H,2-7,11H2,1H3. The molecule has 0 amide bonds. The normalized spacial score (nSPS) is 19.6. The van der Waals surface area contributed by atoms with Gasteiger partial charge in [0.25, 0.3) is 0 Å². The van der Waals surface area contributed by atoms with E-state index in [1.807, 2.05) is 6.92 Å². The molecule has 0 radical (unpaired) electrons. The summed E-state index contributed by atoms with van der Waals surface area (Å²) < 4.78 is 5.00. The molecule has 0 bridgehead atoms. The first-order chi connectivity index (χ1) is 7.18. The first-order valence-corrected chi connectivity index (χ1v) is 5.47. The van der Waals surface area contributed by atoms with Crippen molar-refractivity contribution in [3.8, 4) is 0 Å². The lowest BCUT2D eigenvalue weighted by Gasteiger charge is -2.23. The third-order valence-corrected chi connectivity index (χ3v) is 2.92. The molecule has 2 rings (SSSR count). The number of nitrogens with one attached hydrogen (secondary N) is 1. The minimum atomic E-state index is -0.0188. The Morgan fingerprint density at radius 2 is 2.20 bits per heavy atom. The summed E-state index contributed by atoms with van der Waals surface area (Å²) in [6.07, 6.45) is 4.72. The van der Waals surface area contributed by atoms with E-state index in [9.17, 15) is 0 Å². The molecule has 1 saturated carbocycles. The van der Waals surface area contributed by atoms with Gasteiger partial charge in [-0.25, -0.2) is 0 Å². The Morgan fingerprint density at radius 3 is 2.80 bits per heavy atom. The average molecular weight is 210 g/mol. The lowest BCUT2D eigenvalue weighted by molar-refractivity contribution is 0.346. The van der Waals surface area contributed by atoms with Gasteiger partial charge in [-0.2, -0.15) is 4.98 Å². The van der Waals surface area contributed by atoms with Gasteiger partial charge < -0.3 is 15.6 Å². The molecule has 0 atom stereocenters. The Hall–Kier alpha value is -0.940. The zero-order valence-electron chi connectivity index (χ0n) is 9.12. The largest absolute Gasteiger partial charge is 0.338 e. The summed E-state index contributed by atoms with van der Waals surface area (Å²) in [5, 5.41) is 7.00. The van der Waals surface area contributed by atoms with Gasteiger partial charge in [0.1, 0.15) is 0 Å². The van der Waals surface area contributed by atoms with Crippen molar-refractivity contribution in [2.75, 3.05) is 6.54 Å². The van der Waals surface area contributed by atoms with Gasteiger partial charge in [0.2, 0.25) is 5.89 Å². The van der Waals surface area contributed by atoms with Gasteiger partial charge in [-0.15, -0.1) is 0 Å². The van der Waals surface area contributed by atoms with Crippen molar-refractivity contribution in [2.24, 2.45) is 5.73 Å². The van der Waals surface area contributed by atoms with Gasteiger partial charge in [0.15, 0.2) is 5.82 Å². The predicted molar refractivity (Wildman–Crippen MR) is 56.1 cm³/mol. The van der Waals surface area contributed by atoms with Crippen LogP contribution in [-0.2, 0) is 6.54 Å². The second kappa shape index (κ2) is 4.28. The van der Waals surface area contributed by atoms with Crippen LogP contribution in [0.3, 0.4) is 0 Å². The molecule has 3 N–H and O–H groups in total. The molecule has 0 unspecified atom stereocenters. The Bertz CT molecular complexity index is 317. The summed E-state index contributed by atoms with van der Waals surface area (Å²) in [7, 11) is 0. The number of aromatic nitrogens is 2. The van der Waals surface area contributed by atoms with E-state index in [2.05, 4.69) is 15.5 Å². The Labute approximate surface area is 89.4 Å². The van der Waals surface area contributed by atoms with Crippen LogP contribution in [0.1, 0.15) is 37.4 Å². The molecular formula is C10H18N4O. The highest BCUT2D eigenvalue weighted by Gasteiger charge is 2.28. The Balaban J connectivity index is 1.75. The zero-order chi connectivity index (χ0) is 10.7. The summed E-state index contributed by atoms with van der Waals surface area (Å²) in [4.78, 5) is 4.12. The molecule has 0 saturated heterocycles.